The molecule has 2 atom stereocenters. The highest BCUT2D eigenvalue weighted by Crippen LogP contribution is 2.18. The normalized spacial score (nSPS) is 14.7. The molecule has 16 heavy (non-hydrogen) atoms. The number of aliphatic hydroxyl groups is 1. The predicted octanol–water partition coefficient (Wildman–Crippen LogP) is 2.83. The van der Waals surface area contributed by atoms with Crippen LogP contribution >= 0.6 is 11.8 Å². The maximum absolute atomic E-state index is 9.84. The molecular formula is C13H20O2S. The van der Waals surface area contributed by atoms with E-state index in [1.165, 1.54) is 0 Å². The number of benzene rings is 1. The quantitative estimate of drug-likeness (QED) is 0.803. The van der Waals surface area contributed by atoms with Gasteiger partial charge in [-0.1, -0.05) is 26.0 Å². The highest BCUT2D eigenvalue weighted by Gasteiger charge is 2.08. The highest BCUT2D eigenvalue weighted by molar-refractivity contribution is 7.99. The standard InChI is InChI=1S/C13H20O2S/c1-3-10(2)16-9-13(15)8-11-5-4-6-12(14)7-11/h4-7,10,13-15H,3,8-9H2,1-2H3. The Morgan fingerprint density at radius 1 is 1.38 bits per heavy atom. The first-order chi connectivity index (χ1) is 7.61. The molecule has 0 amide bonds. The molecule has 2 nitrogen and oxygen atoms in total. The van der Waals surface area contributed by atoms with Crippen molar-refractivity contribution in [2.45, 2.75) is 38.0 Å². The molecule has 0 aromatic heterocycles. The van der Waals surface area contributed by atoms with E-state index in [2.05, 4.69) is 13.8 Å². The molecule has 0 aliphatic carbocycles. The number of hydrogen-bond donors (Lipinski definition) is 2. The molecular weight excluding hydrogens is 220 g/mol. The van der Waals surface area contributed by atoms with Crippen LogP contribution in [0.3, 0.4) is 0 Å². The van der Waals surface area contributed by atoms with Crippen molar-refractivity contribution in [1.29, 1.82) is 0 Å². The van der Waals surface area contributed by atoms with Gasteiger partial charge in [-0.2, -0.15) is 11.8 Å². The number of aromatic hydroxyl groups is 1. The van der Waals surface area contributed by atoms with E-state index in [0.29, 0.717) is 11.7 Å². The SMILES string of the molecule is CCC(C)SCC(O)Cc1cccc(O)c1. The molecule has 2 N–H and O–H groups in total. The van der Waals surface area contributed by atoms with Crippen LogP contribution in [0.15, 0.2) is 24.3 Å². The number of rotatable bonds is 6. The van der Waals surface area contributed by atoms with Crippen molar-refractivity contribution in [3.63, 3.8) is 0 Å². The average molecular weight is 240 g/mol. The topological polar surface area (TPSA) is 40.5 Å². The molecule has 3 heteroatoms. The second kappa shape index (κ2) is 6.81. The largest absolute Gasteiger partial charge is 0.508 e. The van der Waals surface area contributed by atoms with Gasteiger partial charge < -0.3 is 10.2 Å². The smallest absolute Gasteiger partial charge is 0.115 e. The van der Waals surface area contributed by atoms with E-state index < -0.39 is 0 Å². The molecule has 0 bridgehead atoms. The fourth-order valence-electron chi connectivity index (χ4n) is 1.41. The van der Waals surface area contributed by atoms with Crippen molar-refractivity contribution in [3.8, 4) is 5.75 Å². The lowest BCUT2D eigenvalue weighted by Crippen LogP contribution is -2.15. The first kappa shape index (κ1) is 13.4. The molecule has 0 spiro atoms. The lowest BCUT2D eigenvalue weighted by atomic mass is 10.1. The van der Waals surface area contributed by atoms with Gasteiger partial charge >= 0.3 is 0 Å². The van der Waals surface area contributed by atoms with Gasteiger partial charge in [0.15, 0.2) is 0 Å². The average Bonchev–Trinajstić information content (AvgIpc) is 2.26. The van der Waals surface area contributed by atoms with E-state index in [1.807, 2.05) is 6.07 Å². The van der Waals surface area contributed by atoms with E-state index >= 15 is 0 Å². The van der Waals surface area contributed by atoms with Gasteiger partial charge in [0, 0.05) is 11.0 Å². The Hall–Kier alpha value is -0.670. The van der Waals surface area contributed by atoms with Crippen molar-refractivity contribution in [1.82, 2.24) is 0 Å². The molecule has 90 valence electrons. The van der Waals surface area contributed by atoms with Crippen LogP contribution in [-0.4, -0.2) is 27.3 Å². The third kappa shape index (κ3) is 4.90. The summed E-state index contributed by atoms with van der Waals surface area (Å²) in [4.78, 5) is 0. The Bertz CT molecular complexity index is 315. The molecule has 0 radical (unpaired) electrons. The summed E-state index contributed by atoms with van der Waals surface area (Å²) in [5.41, 5.74) is 0.984. The van der Waals surface area contributed by atoms with E-state index in [-0.39, 0.29) is 11.9 Å². The summed E-state index contributed by atoms with van der Waals surface area (Å²) < 4.78 is 0. The van der Waals surface area contributed by atoms with E-state index in [1.54, 1.807) is 30.0 Å². The van der Waals surface area contributed by atoms with E-state index in [4.69, 9.17) is 0 Å². The van der Waals surface area contributed by atoms with Gasteiger partial charge in [0.1, 0.15) is 5.75 Å². The Morgan fingerprint density at radius 3 is 2.75 bits per heavy atom. The summed E-state index contributed by atoms with van der Waals surface area (Å²) in [6.45, 7) is 4.32. The number of phenols is 1. The van der Waals surface area contributed by atoms with Gasteiger partial charge in [-0.05, 0) is 30.5 Å². The number of thioether (sulfide) groups is 1. The van der Waals surface area contributed by atoms with Crippen LogP contribution in [0.4, 0.5) is 0 Å². The molecule has 1 aromatic carbocycles. The zero-order valence-electron chi connectivity index (χ0n) is 9.89. The minimum Gasteiger partial charge on any atom is -0.508 e. The monoisotopic (exact) mass is 240 g/mol. The summed E-state index contributed by atoms with van der Waals surface area (Å²) in [5, 5.41) is 19.7. The predicted molar refractivity (Wildman–Crippen MR) is 70.0 cm³/mol. The van der Waals surface area contributed by atoms with Crippen LogP contribution in [-0.2, 0) is 6.42 Å². The Labute approximate surface area is 102 Å². The van der Waals surface area contributed by atoms with E-state index in [0.717, 1.165) is 17.7 Å². The maximum atomic E-state index is 9.84. The second-order valence-electron chi connectivity index (χ2n) is 4.08. The zero-order valence-corrected chi connectivity index (χ0v) is 10.7. The van der Waals surface area contributed by atoms with Crippen LogP contribution in [0.1, 0.15) is 25.8 Å². The fourth-order valence-corrected chi connectivity index (χ4v) is 2.31. The van der Waals surface area contributed by atoms with Gasteiger partial charge in [0.05, 0.1) is 6.10 Å². The Kier molecular flexibility index (Phi) is 5.71. The zero-order chi connectivity index (χ0) is 12.0. The van der Waals surface area contributed by atoms with Gasteiger partial charge in [-0.3, -0.25) is 0 Å². The summed E-state index contributed by atoms with van der Waals surface area (Å²) in [5.74, 6) is 1.02. The van der Waals surface area contributed by atoms with Crippen LogP contribution in [0.25, 0.3) is 0 Å². The summed E-state index contributed by atoms with van der Waals surface area (Å²) in [6, 6.07) is 7.08. The van der Waals surface area contributed by atoms with Crippen molar-refractivity contribution < 1.29 is 10.2 Å². The van der Waals surface area contributed by atoms with Crippen LogP contribution < -0.4 is 0 Å². The minimum atomic E-state index is -0.333. The molecule has 0 aliphatic rings. The first-order valence-corrected chi connectivity index (χ1v) is 6.74. The van der Waals surface area contributed by atoms with Crippen LogP contribution in [0.2, 0.25) is 0 Å². The Morgan fingerprint density at radius 2 is 2.12 bits per heavy atom. The first-order valence-electron chi connectivity index (χ1n) is 5.69. The fraction of sp³-hybridized carbons (Fsp3) is 0.538. The number of aliphatic hydroxyl groups excluding tert-OH is 1. The highest BCUT2D eigenvalue weighted by atomic mass is 32.2. The second-order valence-corrected chi connectivity index (χ2v) is 5.55. The van der Waals surface area contributed by atoms with Crippen molar-refractivity contribution >= 4 is 11.8 Å². The molecule has 1 rings (SSSR count). The number of phenolic OH excluding ortho intramolecular Hbond substituents is 1. The molecule has 0 saturated heterocycles. The third-order valence-electron chi connectivity index (χ3n) is 2.53. The molecule has 1 aromatic rings. The molecule has 2 unspecified atom stereocenters. The minimum absolute atomic E-state index is 0.263. The van der Waals surface area contributed by atoms with Gasteiger partial charge in [-0.25, -0.2) is 0 Å². The van der Waals surface area contributed by atoms with Gasteiger partial charge in [0.2, 0.25) is 0 Å². The van der Waals surface area contributed by atoms with Crippen molar-refractivity contribution in [3.05, 3.63) is 29.8 Å². The van der Waals surface area contributed by atoms with Crippen LogP contribution in [0, 0.1) is 0 Å². The third-order valence-corrected chi connectivity index (χ3v) is 4.01. The molecule has 0 heterocycles. The number of hydrogen-bond acceptors (Lipinski definition) is 3. The summed E-state index contributed by atoms with van der Waals surface area (Å²) >= 11 is 1.80. The Balaban J connectivity index is 2.36. The van der Waals surface area contributed by atoms with Crippen LogP contribution in [0.5, 0.6) is 5.75 Å². The lowest BCUT2D eigenvalue weighted by molar-refractivity contribution is 0.200. The summed E-state index contributed by atoms with van der Waals surface area (Å²) in [6.07, 6.45) is 1.40. The van der Waals surface area contributed by atoms with Crippen molar-refractivity contribution in [2.75, 3.05) is 5.75 Å². The summed E-state index contributed by atoms with van der Waals surface area (Å²) in [7, 11) is 0. The van der Waals surface area contributed by atoms with Gasteiger partial charge in [0.25, 0.3) is 0 Å². The molecule has 0 aliphatic heterocycles. The lowest BCUT2D eigenvalue weighted by Gasteiger charge is -2.13. The van der Waals surface area contributed by atoms with Gasteiger partial charge in [-0.15, -0.1) is 0 Å². The molecule has 0 fully saturated rings. The molecule has 0 saturated carbocycles. The van der Waals surface area contributed by atoms with E-state index in [9.17, 15) is 10.2 Å². The maximum Gasteiger partial charge on any atom is 0.115 e. The van der Waals surface area contributed by atoms with Crippen molar-refractivity contribution in [2.24, 2.45) is 0 Å².